The van der Waals surface area contributed by atoms with Crippen molar-refractivity contribution in [3.05, 3.63) is 58.3 Å². The molecule has 3 heterocycles. The van der Waals surface area contributed by atoms with E-state index in [1.54, 1.807) is 6.07 Å². The molecule has 1 saturated heterocycles. The molecule has 184 valence electrons. The molecule has 5 rings (SSSR count). The lowest BCUT2D eigenvalue weighted by Gasteiger charge is -2.45. The smallest absolute Gasteiger partial charge is 0.284 e. The Labute approximate surface area is 207 Å². The highest BCUT2D eigenvalue weighted by Crippen LogP contribution is 2.36. The summed E-state index contributed by atoms with van der Waals surface area (Å²) in [4.78, 5) is 20.0. The molecule has 0 aromatic carbocycles. The zero-order valence-corrected chi connectivity index (χ0v) is 20.7. The van der Waals surface area contributed by atoms with Crippen molar-refractivity contribution in [1.29, 1.82) is 5.26 Å². The lowest BCUT2D eigenvalue weighted by Crippen LogP contribution is -2.56. The molecule has 1 fully saturated rings. The number of unbranched alkanes of at least 4 members (excludes halogenated alkanes) is 1. The Balaban J connectivity index is 1.09. The monoisotopic (exact) mass is 473 g/mol. The molecule has 1 amide bonds. The van der Waals surface area contributed by atoms with Gasteiger partial charge in [-0.15, -0.1) is 0 Å². The number of nitrogens with one attached hydrogen (secondary N) is 1. The fraction of sp³-hybridized carbons (Fsp3) is 0.500. The van der Waals surface area contributed by atoms with Gasteiger partial charge < -0.3 is 20.0 Å². The highest BCUT2D eigenvalue weighted by atomic mass is 16.3. The quantitative estimate of drug-likeness (QED) is 0.593. The van der Waals surface area contributed by atoms with Crippen LogP contribution in [0.15, 0.2) is 28.8 Å². The Morgan fingerprint density at radius 3 is 2.83 bits per heavy atom. The number of nitrogens with zero attached hydrogens (tertiary/aromatic N) is 3. The number of carbonyl (C=O) groups is 1. The summed E-state index contributed by atoms with van der Waals surface area (Å²) in [6.45, 7) is 9.75. The predicted molar refractivity (Wildman–Crippen MR) is 137 cm³/mol. The summed E-state index contributed by atoms with van der Waals surface area (Å²) in [5.41, 5.74) is 10.3. The van der Waals surface area contributed by atoms with Gasteiger partial charge in [0.05, 0.1) is 12.0 Å². The number of aromatic amines is 1. The Kier molecular flexibility index (Phi) is 6.43. The van der Waals surface area contributed by atoms with Crippen molar-refractivity contribution in [2.45, 2.75) is 51.0 Å². The van der Waals surface area contributed by atoms with Crippen LogP contribution < -0.4 is 5.73 Å². The number of piperazine rings is 1. The largest absolute Gasteiger partial charge is 0.451 e. The molecule has 7 nitrogen and oxygen atoms in total. The van der Waals surface area contributed by atoms with Crippen LogP contribution in [0.4, 0.5) is 0 Å². The number of rotatable bonds is 7. The molecule has 0 radical (unpaired) electrons. The fourth-order valence-corrected chi connectivity index (χ4v) is 5.97. The number of furan rings is 1. The van der Waals surface area contributed by atoms with Crippen molar-refractivity contribution in [2.24, 2.45) is 11.7 Å². The third-order valence-corrected chi connectivity index (χ3v) is 8.14. The molecule has 35 heavy (non-hydrogen) atoms. The second-order valence-corrected chi connectivity index (χ2v) is 10.5. The van der Waals surface area contributed by atoms with Crippen LogP contribution in [0.25, 0.3) is 12.2 Å². The first-order valence-corrected chi connectivity index (χ1v) is 12.7. The van der Waals surface area contributed by atoms with Crippen molar-refractivity contribution >= 4 is 18.1 Å². The molecule has 0 saturated carbocycles. The third-order valence-electron chi connectivity index (χ3n) is 8.14. The van der Waals surface area contributed by atoms with E-state index >= 15 is 0 Å². The zero-order chi connectivity index (χ0) is 24.6. The fourth-order valence-electron chi connectivity index (χ4n) is 5.97. The topological polar surface area (TPSA) is 102 Å². The number of nitriles is 1. The van der Waals surface area contributed by atoms with Crippen molar-refractivity contribution in [1.82, 2.24) is 14.8 Å². The number of aromatic nitrogens is 1. The molecule has 3 N–H and O–H groups in total. The molecule has 7 heteroatoms. The van der Waals surface area contributed by atoms with Gasteiger partial charge in [0.15, 0.2) is 5.76 Å². The normalized spacial score (nSPS) is 26.3. The number of allylic oxidation sites excluding steroid dienone is 1. The number of hydrogen-bond donors (Lipinski definition) is 2. The van der Waals surface area contributed by atoms with E-state index in [4.69, 9.17) is 10.2 Å². The van der Waals surface area contributed by atoms with Gasteiger partial charge in [-0.1, -0.05) is 19.1 Å². The van der Waals surface area contributed by atoms with Crippen LogP contribution in [-0.2, 0) is 12.8 Å². The van der Waals surface area contributed by atoms with Gasteiger partial charge in [0, 0.05) is 55.1 Å². The number of carbonyl (C=O) groups excluding carboxylic acids is 1. The van der Waals surface area contributed by atoms with Gasteiger partial charge in [0.1, 0.15) is 5.76 Å². The first-order chi connectivity index (χ1) is 16.9. The van der Waals surface area contributed by atoms with E-state index in [-0.39, 0.29) is 23.1 Å². The van der Waals surface area contributed by atoms with Gasteiger partial charge >= 0.3 is 0 Å². The van der Waals surface area contributed by atoms with Crippen LogP contribution in [0.2, 0.25) is 0 Å². The van der Waals surface area contributed by atoms with E-state index < -0.39 is 5.91 Å². The highest BCUT2D eigenvalue weighted by molar-refractivity contribution is 5.90. The SMILES string of the molecule is CC1c2c(CCCCN3CCN(C4(C)C=Cc5oc(C(N)=O)cc5C4)CC3)c[nH]c2C=CC1C#N. The maximum Gasteiger partial charge on any atom is 0.284 e. The highest BCUT2D eigenvalue weighted by Gasteiger charge is 2.36. The molecule has 2 aromatic rings. The summed E-state index contributed by atoms with van der Waals surface area (Å²) in [5, 5.41) is 9.41. The predicted octanol–water partition coefficient (Wildman–Crippen LogP) is 3.95. The Bertz CT molecular complexity index is 1190. The van der Waals surface area contributed by atoms with Crippen LogP contribution in [-0.4, -0.2) is 59.0 Å². The van der Waals surface area contributed by atoms with Crippen molar-refractivity contribution in [2.75, 3.05) is 32.7 Å². The molecule has 0 bridgehead atoms. The molecule has 1 aliphatic heterocycles. The van der Waals surface area contributed by atoms with Crippen LogP contribution in [0.5, 0.6) is 0 Å². The van der Waals surface area contributed by atoms with Gasteiger partial charge in [0.2, 0.25) is 0 Å². The lowest BCUT2D eigenvalue weighted by atomic mass is 9.81. The minimum Gasteiger partial charge on any atom is -0.451 e. The summed E-state index contributed by atoms with van der Waals surface area (Å²) in [6, 6.07) is 4.22. The number of fused-ring (bicyclic) bond motifs is 2. The van der Waals surface area contributed by atoms with Crippen LogP contribution in [0, 0.1) is 17.2 Å². The van der Waals surface area contributed by atoms with Crippen molar-refractivity contribution in [3.63, 3.8) is 0 Å². The first kappa shape index (κ1) is 23.7. The van der Waals surface area contributed by atoms with Crippen LogP contribution >= 0.6 is 0 Å². The molecule has 0 spiro atoms. The number of nitrogens with two attached hydrogens (primary N) is 1. The second-order valence-electron chi connectivity index (χ2n) is 10.5. The minimum absolute atomic E-state index is 0.0282. The van der Waals surface area contributed by atoms with Crippen LogP contribution in [0.1, 0.15) is 71.3 Å². The number of amides is 1. The molecular formula is C28H35N5O2. The van der Waals surface area contributed by atoms with Gasteiger partial charge in [-0.2, -0.15) is 5.26 Å². The standard InChI is InChI=1S/C28H35N5O2/c1-19-20(17-29)6-7-23-26(19)21(18-31-23)5-3-4-10-32-11-13-33(14-12-32)28(2)9-8-24-22(16-28)15-25(35-24)27(30)34/h6-9,15,18-20,31H,3-5,10-14,16H2,1-2H3,(H2,30,34). The summed E-state index contributed by atoms with van der Waals surface area (Å²) >= 11 is 0. The van der Waals surface area contributed by atoms with Gasteiger partial charge in [-0.25, -0.2) is 0 Å². The van der Waals surface area contributed by atoms with Gasteiger partial charge in [-0.05, 0) is 68.5 Å². The van der Waals surface area contributed by atoms with E-state index in [1.165, 1.54) is 23.2 Å². The van der Waals surface area contributed by atoms with E-state index in [0.29, 0.717) is 0 Å². The number of primary amides is 1. The molecule has 3 unspecified atom stereocenters. The van der Waals surface area contributed by atoms with E-state index in [0.717, 1.165) is 63.3 Å². The Hall–Kier alpha value is -3.08. The summed E-state index contributed by atoms with van der Waals surface area (Å²) in [5.74, 6) is 0.707. The number of aryl methyl sites for hydroxylation is 1. The average Bonchev–Trinajstić information content (AvgIpc) is 3.47. The number of H-pyrrole nitrogens is 1. The first-order valence-electron chi connectivity index (χ1n) is 12.7. The molecular weight excluding hydrogens is 438 g/mol. The second kappa shape index (κ2) is 9.52. The van der Waals surface area contributed by atoms with Crippen molar-refractivity contribution in [3.8, 4) is 6.07 Å². The number of hydrogen-bond acceptors (Lipinski definition) is 5. The molecule has 3 aliphatic rings. The van der Waals surface area contributed by atoms with Crippen molar-refractivity contribution < 1.29 is 9.21 Å². The maximum atomic E-state index is 11.5. The lowest BCUT2D eigenvalue weighted by molar-refractivity contribution is 0.0665. The molecule has 2 aromatic heterocycles. The third kappa shape index (κ3) is 4.61. The summed E-state index contributed by atoms with van der Waals surface area (Å²) in [6.07, 6.45) is 14.7. The molecule has 3 atom stereocenters. The summed E-state index contributed by atoms with van der Waals surface area (Å²) in [7, 11) is 0. The summed E-state index contributed by atoms with van der Waals surface area (Å²) < 4.78 is 5.59. The minimum atomic E-state index is -0.516. The Morgan fingerprint density at radius 2 is 2.09 bits per heavy atom. The van der Waals surface area contributed by atoms with Gasteiger partial charge in [-0.3, -0.25) is 9.69 Å². The molecule has 2 aliphatic carbocycles. The van der Waals surface area contributed by atoms with E-state index in [2.05, 4.69) is 53.0 Å². The Morgan fingerprint density at radius 1 is 1.29 bits per heavy atom. The zero-order valence-electron chi connectivity index (χ0n) is 20.7. The van der Waals surface area contributed by atoms with E-state index in [9.17, 15) is 10.1 Å². The average molecular weight is 474 g/mol. The van der Waals surface area contributed by atoms with E-state index in [1.807, 2.05) is 12.2 Å². The van der Waals surface area contributed by atoms with Gasteiger partial charge in [0.25, 0.3) is 5.91 Å². The van der Waals surface area contributed by atoms with Crippen LogP contribution in [0.3, 0.4) is 0 Å². The maximum absolute atomic E-state index is 11.5.